The highest BCUT2D eigenvalue weighted by Gasteiger charge is 2.24. The van der Waals surface area contributed by atoms with Crippen LogP contribution in [0.5, 0.6) is 17.2 Å². The van der Waals surface area contributed by atoms with E-state index in [1.54, 1.807) is 37.5 Å². The minimum Gasteiger partial charge on any atom is -0.494 e. The molecule has 1 N–H and O–H groups in total. The van der Waals surface area contributed by atoms with Crippen LogP contribution in [-0.2, 0) is 11.4 Å². The highest BCUT2D eigenvalue weighted by Crippen LogP contribution is 2.33. The van der Waals surface area contributed by atoms with Crippen LogP contribution in [0.1, 0.15) is 18.1 Å². The average Bonchev–Trinajstić information content (AvgIpc) is 3.18. The van der Waals surface area contributed by atoms with Gasteiger partial charge in [-0.2, -0.15) is 0 Å². The first-order valence-corrected chi connectivity index (χ1v) is 11.4. The molecule has 0 aromatic heterocycles. The molecule has 0 spiro atoms. The second-order valence-corrected chi connectivity index (χ2v) is 8.26. The molecule has 1 fully saturated rings. The number of benzene rings is 3. The van der Waals surface area contributed by atoms with Crippen molar-refractivity contribution in [3.05, 3.63) is 88.6 Å². The summed E-state index contributed by atoms with van der Waals surface area (Å²) in [6.07, 6.45) is 1.77. The topological polar surface area (TPSA) is 69.2 Å². The van der Waals surface area contributed by atoms with Crippen molar-refractivity contribution < 1.29 is 23.4 Å². The summed E-state index contributed by atoms with van der Waals surface area (Å²) in [7, 11) is 1.55. The zero-order valence-corrected chi connectivity index (χ0v) is 19.5. The van der Waals surface area contributed by atoms with Gasteiger partial charge in [-0.25, -0.2) is 9.38 Å². The number of rotatable bonds is 8. The molecule has 1 aliphatic rings. The van der Waals surface area contributed by atoms with Crippen molar-refractivity contribution in [3.63, 3.8) is 0 Å². The largest absolute Gasteiger partial charge is 0.494 e. The van der Waals surface area contributed by atoms with Gasteiger partial charge in [0, 0.05) is 0 Å². The third-order valence-electron chi connectivity index (χ3n) is 4.82. The van der Waals surface area contributed by atoms with E-state index in [0.717, 1.165) is 22.6 Å². The summed E-state index contributed by atoms with van der Waals surface area (Å²) in [6.45, 7) is 2.80. The molecule has 174 valence electrons. The van der Waals surface area contributed by atoms with Crippen LogP contribution in [0, 0.1) is 5.82 Å². The van der Waals surface area contributed by atoms with E-state index in [1.807, 2.05) is 37.3 Å². The molecule has 1 amide bonds. The van der Waals surface area contributed by atoms with E-state index in [2.05, 4.69) is 10.3 Å². The number of nitrogens with zero attached hydrogens (tertiary/aromatic N) is 1. The van der Waals surface area contributed by atoms with Gasteiger partial charge in [0.25, 0.3) is 5.91 Å². The fourth-order valence-corrected chi connectivity index (χ4v) is 4.01. The number of ether oxygens (including phenoxy) is 3. The molecule has 1 aliphatic heterocycles. The number of methoxy groups -OCH3 is 1. The van der Waals surface area contributed by atoms with E-state index in [-0.39, 0.29) is 18.3 Å². The van der Waals surface area contributed by atoms with Crippen LogP contribution < -0.4 is 19.5 Å². The van der Waals surface area contributed by atoms with E-state index in [1.165, 1.54) is 23.9 Å². The van der Waals surface area contributed by atoms with Crippen molar-refractivity contribution >= 4 is 34.6 Å². The molecule has 0 unspecified atom stereocenters. The standard InChI is InChI=1S/C26H23FN2O4S/c1-3-32-21-11-9-20(10-12-21)28-26-29-25(30)24(34-26)15-18-6-13-22(23(14-18)31-2)33-16-17-4-7-19(27)8-5-17/h4-15H,3,16H2,1-2H3,(H,28,29,30)/b24-15-. The Labute approximate surface area is 201 Å². The lowest BCUT2D eigenvalue weighted by Crippen LogP contribution is -2.19. The first-order chi connectivity index (χ1) is 16.5. The zero-order chi connectivity index (χ0) is 23.9. The molecule has 3 aromatic carbocycles. The number of carbonyl (C=O) groups excluding carboxylic acids is 1. The van der Waals surface area contributed by atoms with Gasteiger partial charge in [-0.05, 0) is 84.4 Å². The maximum absolute atomic E-state index is 13.1. The van der Waals surface area contributed by atoms with Gasteiger partial charge < -0.3 is 19.5 Å². The van der Waals surface area contributed by atoms with Gasteiger partial charge >= 0.3 is 0 Å². The van der Waals surface area contributed by atoms with E-state index >= 15 is 0 Å². The van der Waals surface area contributed by atoms with Crippen LogP contribution in [-0.4, -0.2) is 24.8 Å². The lowest BCUT2D eigenvalue weighted by molar-refractivity contribution is -0.115. The van der Waals surface area contributed by atoms with Gasteiger partial charge in [0.15, 0.2) is 16.7 Å². The number of hydrogen-bond acceptors (Lipinski definition) is 6. The predicted octanol–water partition coefficient (Wildman–Crippen LogP) is 5.70. The second kappa shape index (κ2) is 10.9. The van der Waals surface area contributed by atoms with Crippen LogP contribution in [0.3, 0.4) is 0 Å². The number of aliphatic imine (C=N–C) groups is 1. The number of thioether (sulfide) groups is 1. The predicted molar refractivity (Wildman–Crippen MR) is 132 cm³/mol. The molecule has 0 bridgehead atoms. The van der Waals surface area contributed by atoms with Gasteiger partial charge in [0.1, 0.15) is 18.2 Å². The Kier molecular flexibility index (Phi) is 7.49. The SMILES string of the molecule is CCOc1ccc(N=C2NC(=O)/C(=C/c3ccc(OCc4ccc(F)cc4)c(OC)c3)S2)cc1. The van der Waals surface area contributed by atoms with Gasteiger partial charge in [0.05, 0.1) is 24.3 Å². The number of halogens is 1. The fraction of sp³-hybridized carbons (Fsp3) is 0.154. The molecule has 1 heterocycles. The Balaban J connectivity index is 1.45. The maximum atomic E-state index is 13.1. The molecule has 0 saturated carbocycles. The molecule has 0 atom stereocenters. The minimum absolute atomic E-state index is 0.217. The quantitative estimate of drug-likeness (QED) is 0.421. The minimum atomic E-state index is -0.291. The smallest absolute Gasteiger partial charge is 0.264 e. The number of hydrogen-bond donors (Lipinski definition) is 1. The van der Waals surface area contributed by atoms with Crippen LogP contribution in [0.25, 0.3) is 6.08 Å². The van der Waals surface area contributed by atoms with Gasteiger partial charge in [-0.15, -0.1) is 0 Å². The van der Waals surface area contributed by atoms with Crippen molar-refractivity contribution in [1.82, 2.24) is 5.32 Å². The summed E-state index contributed by atoms with van der Waals surface area (Å²) < 4.78 is 29.8. The van der Waals surface area contributed by atoms with E-state index in [0.29, 0.717) is 28.2 Å². The highest BCUT2D eigenvalue weighted by atomic mass is 32.2. The Morgan fingerprint density at radius 1 is 1.00 bits per heavy atom. The fourth-order valence-electron chi connectivity index (χ4n) is 3.17. The van der Waals surface area contributed by atoms with Crippen molar-refractivity contribution in [3.8, 4) is 17.2 Å². The van der Waals surface area contributed by atoms with Crippen molar-refractivity contribution in [2.75, 3.05) is 13.7 Å². The molecule has 6 nitrogen and oxygen atoms in total. The van der Waals surface area contributed by atoms with Crippen LogP contribution in [0.15, 0.2) is 76.6 Å². The monoisotopic (exact) mass is 478 g/mol. The third kappa shape index (κ3) is 5.96. The lowest BCUT2D eigenvalue weighted by atomic mass is 10.2. The molecule has 1 saturated heterocycles. The summed E-state index contributed by atoms with van der Waals surface area (Å²) >= 11 is 1.27. The van der Waals surface area contributed by atoms with Crippen molar-refractivity contribution in [1.29, 1.82) is 0 Å². The van der Waals surface area contributed by atoms with E-state index in [9.17, 15) is 9.18 Å². The Hall–Kier alpha value is -3.78. The molecular weight excluding hydrogens is 455 g/mol. The van der Waals surface area contributed by atoms with Crippen molar-refractivity contribution in [2.24, 2.45) is 4.99 Å². The van der Waals surface area contributed by atoms with E-state index < -0.39 is 0 Å². The van der Waals surface area contributed by atoms with E-state index in [4.69, 9.17) is 14.2 Å². The second-order valence-electron chi connectivity index (χ2n) is 7.23. The number of amidine groups is 1. The Morgan fingerprint density at radius 3 is 2.47 bits per heavy atom. The van der Waals surface area contributed by atoms with Crippen molar-refractivity contribution in [2.45, 2.75) is 13.5 Å². The first-order valence-electron chi connectivity index (χ1n) is 10.6. The normalized spacial score (nSPS) is 15.4. The number of nitrogens with one attached hydrogen (secondary N) is 1. The Bertz CT molecular complexity index is 1220. The number of amides is 1. The molecule has 34 heavy (non-hydrogen) atoms. The average molecular weight is 479 g/mol. The molecule has 0 aliphatic carbocycles. The molecule has 8 heteroatoms. The van der Waals surface area contributed by atoms with Gasteiger partial charge in [0.2, 0.25) is 0 Å². The Morgan fingerprint density at radius 2 is 1.76 bits per heavy atom. The summed E-state index contributed by atoms with van der Waals surface area (Å²) in [5.41, 5.74) is 2.34. The van der Waals surface area contributed by atoms with Gasteiger partial charge in [-0.3, -0.25) is 4.79 Å². The molecular formula is C26H23FN2O4S. The summed E-state index contributed by atoms with van der Waals surface area (Å²) in [6, 6.07) is 18.9. The molecule has 4 rings (SSSR count). The first kappa shape index (κ1) is 23.4. The van der Waals surface area contributed by atoms with Crippen LogP contribution >= 0.6 is 11.8 Å². The maximum Gasteiger partial charge on any atom is 0.264 e. The lowest BCUT2D eigenvalue weighted by Gasteiger charge is -2.11. The van der Waals surface area contributed by atoms with Crippen LogP contribution in [0.2, 0.25) is 0 Å². The molecule has 3 aromatic rings. The number of carbonyl (C=O) groups is 1. The summed E-state index contributed by atoms with van der Waals surface area (Å²) in [5.74, 6) is 1.35. The third-order valence-corrected chi connectivity index (χ3v) is 5.73. The van der Waals surface area contributed by atoms with Crippen LogP contribution in [0.4, 0.5) is 10.1 Å². The summed E-state index contributed by atoms with van der Waals surface area (Å²) in [5, 5.41) is 3.29. The highest BCUT2D eigenvalue weighted by molar-refractivity contribution is 8.18. The van der Waals surface area contributed by atoms with Gasteiger partial charge in [-0.1, -0.05) is 18.2 Å². The zero-order valence-electron chi connectivity index (χ0n) is 18.7. The summed E-state index contributed by atoms with van der Waals surface area (Å²) in [4.78, 5) is 17.5. The molecule has 0 radical (unpaired) electrons.